The molecule has 0 aromatic heterocycles. The summed E-state index contributed by atoms with van der Waals surface area (Å²) < 4.78 is 22.6. The van der Waals surface area contributed by atoms with Gasteiger partial charge in [-0.15, -0.1) is 0 Å². The lowest BCUT2D eigenvalue weighted by Gasteiger charge is -2.15. The fourth-order valence-electron chi connectivity index (χ4n) is 2.65. The molecule has 0 fully saturated rings. The van der Waals surface area contributed by atoms with Gasteiger partial charge >= 0.3 is 6.03 Å². The summed E-state index contributed by atoms with van der Waals surface area (Å²) in [6.45, 7) is 4.01. The van der Waals surface area contributed by atoms with Gasteiger partial charge in [0.1, 0.15) is 0 Å². The molecule has 0 spiro atoms. The summed E-state index contributed by atoms with van der Waals surface area (Å²) in [5, 5.41) is 7.76. The molecule has 1 aromatic rings. The van der Waals surface area contributed by atoms with Crippen LogP contribution in [0.25, 0.3) is 0 Å². The molecule has 1 aromatic carbocycles. The molecule has 1 aliphatic rings. The van der Waals surface area contributed by atoms with Crippen molar-refractivity contribution >= 4 is 22.0 Å². The number of hydrogen-bond donors (Lipinski definition) is 2. The number of carbonyl (C=O) groups excluding carboxylic acids is 2. The Morgan fingerprint density at radius 1 is 1.38 bits per heavy atom. The van der Waals surface area contributed by atoms with Gasteiger partial charge in [-0.3, -0.25) is 4.79 Å². The largest absolute Gasteiger partial charge is 0.337 e. The summed E-state index contributed by atoms with van der Waals surface area (Å²) >= 11 is 0. The number of hydrogen-bond acceptors (Lipinski definition) is 4. The maximum atomic E-state index is 12.1. The van der Waals surface area contributed by atoms with E-state index >= 15 is 0 Å². The molecule has 7 nitrogen and oxygen atoms in total. The van der Waals surface area contributed by atoms with Crippen molar-refractivity contribution in [3.8, 4) is 0 Å². The summed E-state index contributed by atoms with van der Waals surface area (Å²) in [5.74, 6) is -0.453. The average molecular weight is 351 g/mol. The van der Waals surface area contributed by atoms with Crippen LogP contribution in [-0.2, 0) is 21.2 Å². The van der Waals surface area contributed by atoms with Gasteiger partial charge in [0, 0.05) is 12.7 Å². The van der Waals surface area contributed by atoms with Gasteiger partial charge in [0.05, 0.1) is 10.8 Å². The van der Waals surface area contributed by atoms with Crippen molar-refractivity contribution in [1.29, 1.82) is 0 Å². The molecule has 3 amide bonds. The lowest BCUT2D eigenvalue weighted by molar-refractivity contribution is -0.127. The molecule has 2 rings (SSSR count). The van der Waals surface area contributed by atoms with Gasteiger partial charge in [-0.25, -0.2) is 23.3 Å². The van der Waals surface area contributed by atoms with Gasteiger partial charge < -0.3 is 5.32 Å². The van der Waals surface area contributed by atoms with Gasteiger partial charge in [0.25, 0.3) is 0 Å². The zero-order valence-electron chi connectivity index (χ0n) is 13.7. The van der Waals surface area contributed by atoms with Crippen LogP contribution in [-0.4, -0.2) is 31.8 Å². The van der Waals surface area contributed by atoms with Crippen LogP contribution in [0.1, 0.15) is 25.8 Å². The number of nitrogens with one attached hydrogen (secondary N) is 1. The molecular formula is C16H21N3O4S. The minimum Gasteiger partial charge on any atom is -0.337 e. The van der Waals surface area contributed by atoms with Crippen LogP contribution in [0.5, 0.6) is 0 Å². The third-order valence-corrected chi connectivity index (χ3v) is 4.87. The Labute approximate surface area is 141 Å². The standard InChI is InChI=1S/C16H21N3O4S/c1-3-14-11(2)10-19(15(14)20)16(21)18-8-7-12-5-4-6-13(9-12)24(17,22)23/h4-6,9-10,14H,3,7-8H2,1-2H3,(H,18,21)(H2,17,22,23). The lowest BCUT2D eigenvalue weighted by Crippen LogP contribution is -2.40. The van der Waals surface area contributed by atoms with Gasteiger partial charge in [-0.1, -0.05) is 19.1 Å². The second-order valence-corrected chi connectivity index (χ2v) is 7.28. The van der Waals surface area contributed by atoms with E-state index in [9.17, 15) is 18.0 Å². The normalized spacial score (nSPS) is 17.8. The Bertz CT molecular complexity index is 786. The molecule has 1 atom stereocenters. The van der Waals surface area contributed by atoms with Crippen molar-refractivity contribution in [3.05, 3.63) is 41.6 Å². The second-order valence-electron chi connectivity index (χ2n) is 5.72. The number of carbonyl (C=O) groups is 2. The molecule has 0 bridgehead atoms. The van der Waals surface area contributed by atoms with E-state index < -0.39 is 16.1 Å². The Balaban J connectivity index is 1.93. The molecule has 0 saturated carbocycles. The van der Waals surface area contributed by atoms with Crippen LogP contribution in [0.4, 0.5) is 4.79 Å². The van der Waals surface area contributed by atoms with Crippen LogP contribution in [0.15, 0.2) is 40.9 Å². The monoisotopic (exact) mass is 351 g/mol. The van der Waals surface area contributed by atoms with Crippen LogP contribution < -0.4 is 10.5 Å². The Morgan fingerprint density at radius 2 is 2.08 bits per heavy atom. The fraction of sp³-hybridized carbons (Fsp3) is 0.375. The molecule has 0 aliphatic carbocycles. The zero-order chi connectivity index (χ0) is 17.9. The molecule has 8 heteroatoms. The smallest absolute Gasteiger partial charge is 0.328 e. The summed E-state index contributed by atoms with van der Waals surface area (Å²) in [6, 6.07) is 5.76. The van der Waals surface area contributed by atoms with Crippen molar-refractivity contribution < 1.29 is 18.0 Å². The Hall–Kier alpha value is -2.19. The molecule has 1 unspecified atom stereocenters. The van der Waals surface area contributed by atoms with Crippen molar-refractivity contribution in [1.82, 2.24) is 10.2 Å². The maximum Gasteiger partial charge on any atom is 0.328 e. The number of sulfonamides is 1. The SMILES string of the molecule is CCC1C(=O)N(C(=O)NCCc2cccc(S(N)(=O)=O)c2)C=C1C. The lowest BCUT2D eigenvalue weighted by atomic mass is 10.0. The zero-order valence-corrected chi connectivity index (χ0v) is 14.5. The summed E-state index contributed by atoms with van der Waals surface area (Å²) in [4.78, 5) is 25.4. The summed E-state index contributed by atoms with van der Waals surface area (Å²) in [6.07, 6.45) is 2.65. The number of nitrogens with zero attached hydrogens (tertiary/aromatic N) is 1. The first kappa shape index (κ1) is 18.2. The minimum atomic E-state index is -3.75. The van der Waals surface area contributed by atoms with E-state index in [4.69, 9.17) is 5.14 Å². The van der Waals surface area contributed by atoms with Crippen molar-refractivity contribution in [2.45, 2.75) is 31.6 Å². The number of benzene rings is 1. The highest BCUT2D eigenvalue weighted by Crippen LogP contribution is 2.25. The predicted octanol–water partition coefficient (Wildman–Crippen LogP) is 1.36. The van der Waals surface area contributed by atoms with Gasteiger partial charge in [0.15, 0.2) is 0 Å². The third kappa shape index (κ3) is 4.01. The van der Waals surface area contributed by atoms with Gasteiger partial charge in [-0.2, -0.15) is 0 Å². The molecule has 130 valence electrons. The Morgan fingerprint density at radius 3 is 2.67 bits per heavy atom. The van der Waals surface area contributed by atoms with E-state index in [1.54, 1.807) is 18.3 Å². The highest BCUT2D eigenvalue weighted by atomic mass is 32.2. The number of primary sulfonamides is 1. The molecular weight excluding hydrogens is 330 g/mol. The van der Waals surface area contributed by atoms with E-state index in [1.807, 2.05) is 13.8 Å². The highest BCUT2D eigenvalue weighted by molar-refractivity contribution is 7.89. The van der Waals surface area contributed by atoms with Crippen molar-refractivity contribution in [2.24, 2.45) is 11.1 Å². The first-order valence-corrected chi connectivity index (χ1v) is 9.19. The van der Waals surface area contributed by atoms with E-state index in [-0.39, 0.29) is 23.3 Å². The average Bonchev–Trinajstić information content (AvgIpc) is 2.81. The molecule has 0 radical (unpaired) electrons. The van der Waals surface area contributed by atoms with Crippen LogP contribution >= 0.6 is 0 Å². The first-order chi connectivity index (χ1) is 11.2. The number of imide groups is 1. The van der Waals surface area contributed by atoms with Crippen molar-refractivity contribution in [2.75, 3.05) is 6.54 Å². The fourth-order valence-corrected chi connectivity index (χ4v) is 3.24. The van der Waals surface area contributed by atoms with Crippen molar-refractivity contribution in [3.63, 3.8) is 0 Å². The molecule has 1 heterocycles. The number of rotatable bonds is 5. The summed E-state index contributed by atoms with van der Waals surface area (Å²) in [7, 11) is -3.75. The molecule has 3 N–H and O–H groups in total. The molecule has 1 aliphatic heterocycles. The third-order valence-electron chi connectivity index (χ3n) is 3.96. The summed E-state index contributed by atoms with van der Waals surface area (Å²) in [5.41, 5.74) is 1.60. The van der Waals surface area contributed by atoms with E-state index in [2.05, 4.69) is 5.32 Å². The number of nitrogens with two attached hydrogens (primary N) is 1. The van der Waals surface area contributed by atoms with E-state index in [0.29, 0.717) is 12.8 Å². The Kier molecular flexibility index (Phi) is 5.40. The predicted molar refractivity (Wildman–Crippen MR) is 89.3 cm³/mol. The maximum absolute atomic E-state index is 12.1. The van der Waals surface area contributed by atoms with Gasteiger partial charge in [0.2, 0.25) is 15.9 Å². The topological polar surface area (TPSA) is 110 Å². The van der Waals surface area contributed by atoms with E-state index in [1.165, 1.54) is 12.1 Å². The highest BCUT2D eigenvalue weighted by Gasteiger charge is 2.33. The van der Waals surface area contributed by atoms with E-state index in [0.717, 1.165) is 16.0 Å². The van der Waals surface area contributed by atoms with Gasteiger partial charge in [-0.05, 0) is 43.0 Å². The quantitative estimate of drug-likeness (QED) is 0.834. The van der Waals surface area contributed by atoms with Crippen LogP contribution in [0, 0.1) is 5.92 Å². The van der Waals surface area contributed by atoms with Crippen LogP contribution in [0.2, 0.25) is 0 Å². The number of urea groups is 1. The molecule has 24 heavy (non-hydrogen) atoms. The number of amides is 3. The minimum absolute atomic E-state index is 0.0328. The second kappa shape index (κ2) is 7.14. The van der Waals surface area contributed by atoms with Crippen LogP contribution in [0.3, 0.4) is 0 Å². The molecule has 0 saturated heterocycles. The first-order valence-electron chi connectivity index (χ1n) is 7.65.